The van der Waals surface area contributed by atoms with Gasteiger partial charge in [0.1, 0.15) is 0 Å². The number of benzene rings is 1. The molecule has 1 aliphatic heterocycles. The van der Waals surface area contributed by atoms with E-state index in [1.54, 1.807) is 0 Å². The average Bonchev–Trinajstić information content (AvgIpc) is 2.42. The number of aryl methyl sites for hydroxylation is 1. The molecular weight excluding hydrogens is 236 g/mol. The monoisotopic (exact) mass is 260 g/mol. The fraction of sp³-hybridized carbons (Fsp3) is 0.562. The van der Waals surface area contributed by atoms with Crippen LogP contribution < -0.4 is 5.73 Å². The molecule has 1 saturated heterocycles. The number of rotatable bonds is 3. The molecule has 0 aromatic heterocycles. The highest BCUT2D eigenvalue weighted by Gasteiger charge is 2.27. The maximum atomic E-state index is 12.4. The Morgan fingerprint density at radius 3 is 2.84 bits per heavy atom. The quantitative estimate of drug-likeness (QED) is 0.903. The van der Waals surface area contributed by atoms with Crippen molar-refractivity contribution in [3.63, 3.8) is 0 Å². The first-order valence-corrected chi connectivity index (χ1v) is 7.14. The molecular formula is C16H24N2O. The van der Waals surface area contributed by atoms with Gasteiger partial charge in [0, 0.05) is 13.1 Å². The summed E-state index contributed by atoms with van der Waals surface area (Å²) in [5.41, 5.74) is 8.12. The van der Waals surface area contributed by atoms with Gasteiger partial charge < -0.3 is 10.6 Å². The molecule has 2 N–H and O–H groups in total. The number of hydrogen-bond acceptors (Lipinski definition) is 2. The summed E-state index contributed by atoms with van der Waals surface area (Å²) >= 11 is 0. The largest absolute Gasteiger partial charge is 0.342 e. The van der Waals surface area contributed by atoms with Crippen molar-refractivity contribution in [3.8, 4) is 0 Å². The van der Waals surface area contributed by atoms with E-state index in [-0.39, 0.29) is 5.91 Å². The number of hydrogen-bond donors (Lipinski definition) is 1. The molecule has 1 aromatic carbocycles. The normalized spacial score (nSPS) is 23.4. The Hall–Kier alpha value is -1.35. The van der Waals surface area contributed by atoms with Crippen LogP contribution in [-0.4, -0.2) is 30.4 Å². The number of nitrogens with zero attached hydrogens (tertiary/aromatic N) is 1. The van der Waals surface area contributed by atoms with Gasteiger partial charge in [-0.05, 0) is 42.9 Å². The SMILES string of the molecule is Cc1ccccc1CC(=O)N1CCC(C)C(CN)C1. The molecule has 3 heteroatoms. The minimum absolute atomic E-state index is 0.236. The lowest BCUT2D eigenvalue weighted by Crippen LogP contribution is -2.46. The highest BCUT2D eigenvalue weighted by molar-refractivity contribution is 5.79. The number of carbonyl (C=O) groups excluding carboxylic acids is 1. The molecule has 0 bridgehead atoms. The molecule has 1 amide bonds. The van der Waals surface area contributed by atoms with E-state index in [1.165, 1.54) is 5.56 Å². The van der Waals surface area contributed by atoms with Crippen LogP contribution in [-0.2, 0) is 11.2 Å². The molecule has 1 fully saturated rings. The van der Waals surface area contributed by atoms with Crippen LogP contribution in [0.15, 0.2) is 24.3 Å². The van der Waals surface area contributed by atoms with Gasteiger partial charge >= 0.3 is 0 Å². The molecule has 2 unspecified atom stereocenters. The highest BCUT2D eigenvalue weighted by atomic mass is 16.2. The molecule has 3 nitrogen and oxygen atoms in total. The fourth-order valence-electron chi connectivity index (χ4n) is 2.77. The number of amides is 1. The first-order chi connectivity index (χ1) is 9.11. The van der Waals surface area contributed by atoms with Crippen LogP contribution in [0.25, 0.3) is 0 Å². The number of carbonyl (C=O) groups is 1. The Bertz CT molecular complexity index is 444. The summed E-state index contributed by atoms with van der Waals surface area (Å²) in [5.74, 6) is 1.32. The van der Waals surface area contributed by atoms with Gasteiger partial charge in [-0.25, -0.2) is 0 Å². The van der Waals surface area contributed by atoms with Crippen LogP contribution in [0.5, 0.6) is 0 Å². The summed E-state index contributed by atoms with van der Waals surface area (Å²) in [6, 6.07) is 8.11. The molecule has 0 spiro atoms. The van der Waals surface area contributed by atoms with Crippen LogP contribution in [0, 0.1) is 18.8 Å². The van der Waals surface area contributed by atoms with Crippen LogP contribution >= 0.6 is 0 Å². The molecule has 1 aliphatic rings. The van der Waals surface area contributed by atoms with Gasteiger partial charge in [0.05, 0.1) is 6.42 Å². The first-order valence-electron chi connectivity index (χ1n) is 7.14. The Labute approximate surface area is 115 Å². The van der Waals surface area contributed by atoms with Crippen molar-refractivity contribution in [2.45, 2.75) is 26.7 Å². The lowest BCUT2D eigenvalue weighted by Gasteiger charge is -2.36. The van der Waals surface area contributed by atoms with E-state index in [0.717, 1.165) is 25.1 Å². The second-order valence-electron chi connectivity index (χ2n) is 5.70. The van der Waals surface area contributed by atoms with Gasteiger partial charge in [0.2, 0.25) is 5.91 Å². The van der Waals surface area contributed by atoms with Gasteiger partial charge in [-0.3, -0.25) is 4.79 Å². The number of piperidine rings is 1. The summed E-state index contributed by atoms with van der Waals surface area (Å²) in [6.07, 6.45) is 1.58. The Balaban J connectivity index is 1.99. The van der Waals surface area contributed by atoms with Gasteiger partial charge in [-0.15, -0.1) is 0 Å². The number of likely N-dealkylation sites (tertiary alicyclic amines) is 1. The standard InChI is InChI=1S/C16H24N2O/c1-12-5-3-4-6-14(12)9-16(19)18-8-7-13(2)15(10-17)11-18/h3-6,13,15H,7-11,17H2,1-2H3. The predicted molar refractivity (Wildman–Crippen MR) is 77.8 cm³/mol. The van der Waals surface area contributed by atoms with Crippen molar-refractivity contribution in [2.24, 2.45) is 17.6 Å². The van der Waals surface area contributed by atoms with Crippen molar-refractivity contribution >= 4 is 5.91 Å². The maximum Gasteiger partial charge on any atom is 0.227 e. The maximum absolute atomic E-state index is 12.4. The van der Waals surface area contributed by atoms with Crippen molar-refractivity contribution in [1.29, 1.82) is 0 Å². The van der Waals surface area contributed by atoms with E-state index in [2.05, 4.69) is 19.9 Å². The average molecular weight is 260 g/mol. The Morgan fingerprint density at radius 2 is 2.16 bits per heavy atom. The fourth-order valence-corrected chi connectivity index (χ4v) is 2.77. The van der Waals surface area contributed by atoms with Crippen LogP contribution in [0.3, 0.4) is 0 Å². The van der Waals surface area contributed by atoms with Gasteiger partial charge in [0.25, 0.3) is 0 Å². The molecule has 1 heterocycles. The first kappa shape index (κ1) is 14.1. The van der Waals surface area contributed by atoms with Crippen molar-refractivity contribution in [1.82, 2.24) is 4.90 Å². The third-order valence-electron chi connectivity index (χ3n) is 4.37. The molecule has 0 saturated carbocycles. The summed E-state index contributed by atoms with van der Waals surface area (Å²) < 4.78 is 0. The topological polar surface area (TPSA) is 46.3 Å². The van der Waals surface area contributed by atoms with E-state index in [0.29, 0.717) is 24.8 Å². The third-order valence-corrected chi connectivity index (χ3v) is 4.37. The van der Waals surface area contributed by atoms with Crippen LogP contribution in [0.1, 0.15) is 24.5 Å². The summed E-state index contributed by atoms with van der Waals surface area (Å²) in [5, 5.41) is 0. The lowest BCUT2D eigenvalue weighted by atomic mass is 9.87. The predicted octanol–water partition coefficient (Wildman–Crippen LogP) is 1.98. The highest BCUT2D eigenvalue weighted by Crippen LogP contribution is 2.23. The minimum atomic E-state index is 0.236. The third kappa shape index (κ3) is 3.35. The zero-order valence-corrected chi connectivity index (χ0v) is 11.9. The smallest absolute Gasteiger partial charge is 0.227 e. The molecule has 2 atom stereocenters. The lowest BCUT2D eigenvalue weighted by molar-refractivity contribution is -0.132. The van der Waals surface area contributed by atoms with E-state index in [1.807, 2.05) is 23.1 Å². The van der Waals surface area contributed by atoms with Gasteiger partial charge in [0.15, 0.2) is 0 Å². The zero-order chi connectivity index (χ0) is 13.8. The summed E-state index contributed by atoms with van der Waals surface area (Å²) in [7, 11) is 0. The molecule has 104 valence electrons. The Kier molecular flexibility index (Phi) is 4.59. The van der Waals surface area contributed by atoms with Crippen LogP contribution in [0.4, 0.5) is 0 Å². The molecule has 19 heavy (non-hydrogen) atoms. The molecule has 0 radical (unpaired) electrons. The van der Waals surface area contributed by atoms with Crippen molar-refractivity contribution in [2.75, 3.05) is 19.6 Å². The van der Waals surface area contributed by atoms with E-state index >= 15 is 0 Å². The molecule has 1 aromatic rings. The van der Waals surface area contributed by atoms with E-state index in [4.69, 9.17) is 5.73 Å². The Morgan fingerprint density at radius 1 is 1.42 bits per heavy atom. The van der Waals surface area contributed by atoms with Gasteiger partial charge in [-0.2, -0.15) is 0 Å². The zero-order valence-electron chi connectivity index (χ0n) is 11.9. The second kappa shape index (κ2) is 6.20. The summed E-state index contributed by atoms with van der Waals surface area (Å²) in [6.45, 7) is 6.67. The number of nitrogens with two attached hydrogens (primary N) is 1. The minimum Gasteiger partial charge on any atom is -0.342 e. The van der Waals surface area contributed by atoms with Crippen molar-refractivity contribution < 1.29 is 4.79 Å². The summed E-state index contributed by atoms with van der Waals surface area (Å²) in [4.78, 5) is 14.4. The van der Waals surface area contributed by atoms with Gasteiger partial charge in [-0.1, -0.05) is 31.2 Å². The second-order valence-corrected chi connectivity index (χ2v) is 5.70. The van der Waals surface area contributed by atoms with E-state index in [9.17, 15) is 4.79 Å². The van der Waals surface area contributed by atoms with E-state index < -0.39 is 0 Å². The molecule has 2 rings (SSSR count). The molecule has 0 aliphatic carbocycles. The van der Waals surface area contributed by atoms with Crippen molar-refractivity contribution in [3.05, 3.63) is 35.4 Å². The van der Waals surface area contributed by atoms with Crippen LogP contribution in [0.2, 0.25) is 0 Å².